The minimum absolute atomic E-state index is 0.482. The van der Waals surface area contributed by atoms with E-state index < -0.39 is 5.79 Å². The molecule has 0 unspecified atom stereocenters. The van der Waals surface area contributed by atoms with Gasteiger partial charge in [-0.2, -0.15) is 0 Å². The lowest BCUT2D eigenvalue weighted by molar-refractivity contribution is -0.150. The molecule has 1 aliphatic rings. The van der Waals surface area contributed by atoms with Crippen molar-refractivity contribution in [3.63, 3.8) is 0 Å². The Morgan fingerprint density at radius 3 is 2.63 bits per heavy atom. The molecule has 0 amide bonds. The standard InChI is InChI=1S/C16H18O3/c1-16(18-11-12-19-16)9-10-17-15-8-4-6-13-5-2-3-7-14(13)15/h2-8H,9-12H2,1H3. The molecule has 2 aromatic rings. The second-order valence-electron chi connectivity index (χ2n) is 4.91. The van der Waals surface area contributed by atoms with Crippen LogP contribution in [0.15, 0.2) is 42.5 Å². The van der Waals surface area contributed by atoms with Gasteiger partial charge in [0.1, 0.15) is 5.75 Å². The molecule has 0 N–H and O–H groups in total. The molecule has 0 saturated carbocycles. The third kappa shape index (κ3) is 2.72. The van der Waals surface area contributed by atoms with E-state index in [9.17, 15) is 0 Å². The second-order valence-corrected chi connectivity index (χ2v) is 4.91. The molecular formula is C16H18O3. The lowest BCUT2D eigenvalue weighted by atomic mass is 10.1. The molecule has 3 heteroatoms. The van der Waals surface area contributed by atoms with Crippen LogP contribution in [0.4, 0.5) is 0 Å². The van der Waals surface area contributed by atoms with Gasteiger partial charge in [-0.3, -0.25) is 0 Å². The van der Waals surface area contributed by atoms with Crippen molar-refractivity contribution in [3.05, 3.63) is 42.5 Å². The van der Waals surface area contributed by atoms with E-state index in [4.69, 9.17) is 14.2 Å². The van der Waals surface area contributed by atoms with E-state index in [0.29, 0.717) is 19.8 Å². The summed E-state index contributed by atoms with van der Waals surface area (Å²) in [5.74, 6) is 0.435. The molecule has 0 aromatic heterocycles. The SMILES string of the molecule is CC1(CCOc2cccc3ccccc23)OCCO1. The third-order valence-electron chi connectivity index (χ3n) is 3.46. The summed E-state index contributed by atoms with van der Waals surface area (Å²) in [5, 5.41) is 2.34. The van der Waals surface area contributed by atoms with Crippen molar-refractivity contribution in [3.8, 4) is 5.75 Å². The Balaban J connectivity index is 1.68. The molecule has 0 bridgehead atoms. The van der Waals surface area contributed by atoms with Crippen LogP contribution in [-0.4, -0.2) is 25.6 Å². The zero-order chi connectivity index (χ0) is 13.1. The van der Waals surface area contributed by atoms with Crippen LogP contribution in [0.3, 0.4) is 0 Å². The summed E-state index contributed by atoms with van der Waals surface area (Å²) in [7, 11) is 0. The van der Waals surface area contributed by atoms with Crippen LogP contribution < -0.4 is 4.74 Å². The highest BCUT2D eigenvalue weighted by Gasteiger charge is 2.30. The number of ether oxygens (including phenoxy) is 3. The first-order chi connectivity index (χ1) is 9.27. The highest BCUT2D eigenvalue weighted by Crippen LogP contribution is 2.27. The molecule has 19 heavy (non-hydrogen) atoms. The van der Waals surface area contributed by atoms with Crippen LogP contribution in [0, 0.1) is 0 Å². The van der Waals surface area contributed by atoms with E-state index in [1.54, 1.807) is 0 Å². The average molecular weight is 258 g/mol. The fourth-order valence-electron chi connectivity index (χ4n) is 2.37. The van der Waals surface area contributed by atoms with Gasteiger partial charge in [0.15, 0.2) is 5.79 Å². The summed E-state index contributed by atoms with van der Waals surface area (Å²) in [4.78, 5) is 0. The molecule has 0 spiro atoms. The first-order valence-corrected chi connectivity index (χ1v) is 6.65. The van der Waals surface area contributed by atoms with Crippen LogP contribution >= 0.6 is 0 Å². The van der Waals surface area contributed by atoms with E-state index in [1.807, 2.05) is 31.2 Å². The van der Waals surface area contributed by atoms with Crippen molar-refractivity contribution in [2.24, 2.45) is 0 Å². The predicted octanol–water partition coefficient (Wildman–Crippen LogP) is 3.37. The van der Waals surface area contributed by atoms with E-state index in [2.05, 4.69) is 18.2 Å². The lowest BCUT2D eigenvalue weighted by Crippen LogP contribution is -2.27. The summed E-state index contributed by atoms with van der Waals surface area (Å²) in [6.45, 7) is 3.90. The van der Waals surface area contributed by atoms with Crippen LogP contribution in [0.25, 0.3) is 10.8 Å². The van der Waals surface area contributed by atoms with Crippen molar-refractivity contribution < 1.29 is 14.2 Å². The van der Waals surface area contributed by atoms with Gasteiger partial charge in [0.2, 0.25) is 0 Å². The molecular weight excluding hydrogens is 240 g/mol. The maximum atomic E-state index is 5.89. The molecule has 0 radical (unpaired) electrons. The van der Waals surface area contributed by atoms with E-state index in [-0.39, 0.29) is 0 Å². The van der Waals surface area contributed by atoms with Crippen LogP contribution in [0.1, 0.15) is 13.3 Å². The second kappa shape index (κ2) is 5.19. The first kappa shape index (κ1) is 12.5. The fourth-order valence-corrected chi connectivity index (χ4v) is 2.37. The smallest absolute Gasteiger partial charge is 0.168 e. The molecule has 0 atom stereocenters. The minimum atomic E-state index is -0.482. The van der Waals surface area contributed by atoms with Crippen molar-refractivity contribution >= 4 is 10.8 Å². The molecule has 1 fully saturated rings. The van der Waals surface area contributed by atoms with Gasteiger partial charge in [-0.1, -0.05) is 36.4 Å². The predicted molar refractivity (Wildman–Crippen MR) is 74.4 cm³/mol. The van der Waals surface area contributed by atoms with E-state index in [0.717, 1.165) is 17.6 Å². The van der Waals surface area contributed by atoms with Crippen molar-refractivity contribution in [2.45, 2.75) is 19.1 Å². The third-order valence-corrected chi connectivity index (χ3v) is 3.46. The maximum Gasteiger partial charge on any atom is 0.168 e. The summed E-state index contributed by atoms with van der Waals surface area (Å²) >= 11 is 0. The van der Waals surface area contributed by atoms with Gasteiger partial charge >= 0.3 is 0 Å². The topological polar surface area (TPSA) is 27.7 Å². The van der Waals surface area contributed by atoms with Gasteiger partial charge in [0, 0.05) is 11.8 Å². The van der Waals surface area contributed by atoms with Crippen LogP contribution in [-0.2, 0) is 9.47 Å². The zero-order valence-electron chi connectivity index (χ0n) is 11.1. The number of hydrogen-bond donors (Lipinski definition) is 0. The quantitative estimate of drug-likeness (QED) is 0.841. The van der Waals surface area contributed by atoms with Crippen LogP contribution in [0.2, 0.25) is 0 Å². The monoisotopic (exact) mass is 258 g/mol. The number of fused-ring (bicyclic) bond motifs is 1. The van der Waals surface area contributed by atoms with Crippen molar-refractivity contribution in [1.29, 1.82) is 0 Å². The van der Waals surface area contributed by atoms with Gasteiger partial charge in [-0.25, -0.2) is 0 Å². The summed E-state index contributed by atoms with van der Waals surface area (Å²) < 4.78 is 17.0. The molecule has 0 aliphatic carbocycles. The summed E-state index contributed by atoms with van der Waals surface area (Å²) in [6.07, 6.45) is 0.732. The van der Waals surface area contributed by atoms with Gasteiger partial charge in [-0.05, 0) is 18.4 Å². The largest absolute Gasteiger partial charge is 0.493 e. The Labute approximate surface area is 113 Å². The summed E-state index contributed by atoms with van der Waals surface area (Å²) in [5.41, 5.74) is 0. The Hall–Kier alpha value is -1.58. The lowest BCUT2D eigenvalue weighted by Gasteiger charge is -2.22. The van der Waals surface area contributed by atoms with Gasteiger partial charge in [0.05, 0.1) is 19.8 Å². The molecule has 1 aliphatic heterocycles. The molecule has 3 rings (SSSR count). The molecule has 1 saturated heterocycles. The van der Waals surface area contributed by atoms with Gasteiger partial charge < -0.3 is 14.2 Å². The maximum absolute atomic E-state index is 5.89. The minimum Gasteiger partial charge on any atom is -0.493 e. The highest BCUT2D eigenvalue weighted by atomic mass is 16.7. The zero-order valence-corrected chi connectivity index (χ0v) is 11.1. The molecule has 100 valence electrons. The Bertz CT molecular complexity index is 553. The number of rotatable bonds is 4. The van der Waals surface area contributed by atoms with Gasteiger partial charge in [0.25, 0.3) is 0 Å². The van der Waals surface area contributed by atoms with Crippen molar-refractivity contribution in [1.82, 2.24) is 0 Å². The van der Waals surface area contributed by atoms with Gasteiger partial charge in [-0.15, -0.1) is 0 Å². The molecule has 1 heterocycles. The van der Waals surface area contributed by atoms with Crippen molar-refractivity contribution in [2.75, 3.05) is 19.8 Å². The first-order valence-electron chi connectivity index (χ1n) is 6.65. The van der Waals surface area contributed by atoms with E-state index >= 15 is 0 Å². The van der Waals surface area contributed by atoms with E-state index in [1.165, 1.54) is 5.39 Å². The fraction of sp³-hybridized carbons (Fsp3) is 0.375. The highest BCUT2D eigenvalue weighted by molar-refractivity contribution is 5.88. The molecule has 2 aromatic carbocycles. The Morgan fingerprint density at radius 1 is 1.05 bits per heavy atom. The Morgan fingerprint density at radius 2 is 1.79 bits per heavy atom. The summed E-state index contributed by atoms with van der Waals surface area (Å²) in [6, 6.07) is 14.3. The average Bonchev–Trinajstić information content (AvgIpc) is 2.86. The number of benzene rings is 2. The Kier molecular flexibility index (Phi) is 3.40. The van der Waals surface area contributed by atoms with Crippen LogP contribution in [0.5, 0.6) is 5.75 Å². The number of hydrogen-bond acceptors (Lipinski definition) is 3. The normalized spacial score (nSPS) is 17.7. The molecule has 3 nitrogen and oxygen atoms in total.